The highest BCUT2D eigenvalue weighted by Gasteiger charge is 2.44. The van der Waals surface area contributed by atoms with E-state index in [0.717, 1.165) is 32.2 Å². The van der Waals surface area contributed by atoms with Crippen LogP contribution in [0.1, 0.15) is 41.3 Å². The largest absolute Gasteiger partial charge is 0.356 e. The monoisotopic (exact) mass is 314 g/mol. The van der Waals surface area contributed by atoms with Gasteiger partial charge in [-0.2, -0.15) is 0 Å². The number of amides is 1. The minimum Gasteiger partial charge on any atom is -0.356 e. The normalized spacial score (nSPS) is 19.9. The van der Waals surface area contributed by atoms with Gasteiger partial charge in [0.1, 0.15) is 0 Å². The molecule has 22 heavy (non-hydrogen) atoms. The number of carbonyl (C=O) groups is 1. The summed E-state index contributed by atoms with van der Waals surface area (Å²) in [5, 5.41) is 6.29. The number of carbonyl (C=O) groups excluding carboxylic acids is 1. The summed E-state index contributed by atoms with van der Waals surface area (Å²) >= 11 is 1.70. The van der Waals surface area contributed by atoms with E-state index < -0.39 is 0 Å². The van der Waals surface area contributed by atoms with Gasteiger partial charge in [-0.05, 0) is 49.7 Å². The first kappa shape index (κ1) is 15.2. The Bertz CT molecular complexity index is 624. The van der Waals surface area contributed by atoms with Crippen LogP contribution in [-0.4, -0.2) is 17.4 Å². The Morgan fingerprint density at radius 3 is 3.00 bits per heavy atom. The van der Waals surface area contributed by atoms with E-state index in [2.05, 4.69) is 41.5 Å². The average Bonchev–Trinajstić information content (AvgIpc) is 3.14. The number of benzene rings is 1. The van der Waals surface area contributed by atoms with E-state index in [4.69, 9.17) is 0 Å². The molecule has 1 amide bonds. The summed E-state index contributed by atoms with van der Waals surface area (Å²) in [6, 6.07) is 8.40. The molecule has 1 aliphatic rings. The van der Waals surface area contributed by atoms with Crippen LogP contribution in [0.15, 0.2) is 35.8 Å². The van der Waals surface area contributed by atoms with Crippen molar-refractivity contribution in [2.75, 3.05) is 6.54 Å². The third-order valence-corrected chi connectivity index (χ3v) is 5.15. The molecule has 1 heterocycles. The summed E-state index contributed by atoms with van der Waals surface area (Å²) in [6.07, 6.45) is 5.96. The van der Waals surface area contributed by atoms with Gasteiger partial charge in [-0.1, -0.05) is 24.3 Å². The molecule has 1 N–H and O–H groups in total. The van der Waals surface area contributed by atoms with Crippen molar-refractivity contribution in [3.8, 4) is 0 Å². The standard InChI is InChI=1S/C18H22N2OS/c1-13-6-2-3-7-14(13)15-12-16(15)18(21)20-9-5-4-8-17-19-10-11-22-17/h2-3,6-7,10-11,15-16H,4-5,8-9,12H2,1H3,(H,20,21)/t15-,16-/m0/s1. The predicted octanol–water partition coefficient (Wildman–Crippen LogP) is 3.69. The first-order valence-corrected chi connectivity index (χ1v) is 8.85. The minimum atomic E-state index is 0.181. The van der Waals surface area contributed by atoms with E-state index in [1.807, 2.05) is 11.6 Å². The van der Waals surface area contributed by atoms with E-state index in [9.17, 15) is 4.79 Å². The van der Waals surface area contributed by atoms with Gasteiger partial charge in [-0.15, -0.1) is 11.3 Å². The average molecular weight is 314 g/mol. The Labute approximate surface area is 135 Å². The van der Waals surface area contributed by atoms with Gasteiger partial charge in [0.2, 0.25) is 5.91 Å². The Morgan fingerprint density at radius 2 is 2.23 bits per heavy atom. The summed E-state index contributed by atoms with van der Waals surface area (Å²) in [6.45, 7) is 2.91. The van der Waals surface area contributed by atoms with Crippen molar-refractivity contribution in [2.45, 2.75) is 38.5 Å². The molecule has 4 heteroatoms. The number of rotatable bonds is 7. The van der Waals surface area contributed by atoms with E-state index >= 15 is 0 Å². The number of nitrogens with zero attached hydrogens (tertiary/aromatic N) is 1. The van der Waals surface area contributed by atoms with Crippen LogP contribution in [0.5, 0.6) is 0 Å². The topological polar surface area (TPSA) is 42.0 Å². The molecule has 1 fully saturated rings. The molecule has 0 aliphatic heterocycles. The predicted molar refractivity (Wildman–Crippen MR) is 90.1 cm³/mol. The van der Waals surface area contributed by atoms with Crippen molar-refractivity contribution >= 4 is 17.2 Å². The van der Waals surface area contributed by atoms with Crippen molar-refractivity contribution < 1.29 is 4.79 Å². The Kier molecular flexibility index (Phi) is 4.88. The summed E-state index contributed by atoms with van der Waals surface area (Å²) < 4.78 is 0. The lowest BCUT2D eigenvalue weighted by Crippen LogP contribution is -2.26. The van der Waals surface area contributed by atoms with Crippen molar-refractivity contribution in [2.24, 2.45) is 5.92 Å². The maximum absolute atomic E-state index is 12.2. The summed E-state index contributed by atoms with van der Waals surface area (Å²) in [4.78, 5) is 16.4. The second-order valence-electron chi connectivity index (χ2n) is 5.98. The molecule has 2 atom stereocenters. The summed E-state index contributed by atoms with van der Waals surface area (Å²) in [5.74, 6) is 0.832. The lowest BCUT2D eigenvalue weighted by molar-refractivity contribution is -0.122. The molecule has 0 saturated heterocycles. The first-order valence-electron chi connectivity index (χ1n) is 7.97. The van der Waals surface area contributed by atoms with Gasteiger partial charge in [0.25, 0.3) is 0 Å². The van der Waals surface area contributed by atoms with Crippen molar-refractivity contribution in [3.05, 3.63) is 52.0 Å². The van der Waals surface area contributed by atoms with Gasteiger partial charge in [0.15, 0.2) is 0 Å². The van der Waals surface area contributed by atoms with Crippen LogP contribution in [0.2, 0.25) is 0 Å². The molecule has 2 aromatic rings. The van der Waals surface area contributed by atoms with Gasteiger partial charge in [-0.25, -0.2) is 4.98 Å². The zero-order valence-corrected chi connectivity index (χ0v) is 13.7. The van der Waals surface area contributed by atoms with Crippen LogP contribution >= 0.6 is 11.3 Å². The molecule has 0 bridgehead atoms. The fraction of sp³-hybridized carbons (Fsp3) is 0.444. The van der Waals surface area contributed by atoms with Gasteiger partial charge >= 0.3 is 0 Å². The van der Waals surface area contributed by atoms with Crippen molar-refractivity contribution in [3.63, 3.8) is 0 Å². The SMILES string of the molecule is Cc1ccccc1[C@@H]1C[C@@H]1C(=O)NCCCCc1nccs1. The lowest BCUT2D eigenvalue weighted by atomic mass is 10.0. The molecule has 3 nitrogen and oxygen atoms in total. The molecule has 1 aromatic carbocycles. The minimum absolute atomic E-state index is 0.181. The van der Waals surface area contributed by atoms with Crippen molar-refractivity contribution in [1.82, 2.24) is 10.3 Å². The van der Waals surface area contributed by atoms with Crippen LogP contribution in [0.3, 0.4) is 0 Å². The number of thiazole rings is 1. The molecular weight excluding hydrogens is 292 g/mol. The third kappa shape index (κ3) is 3.74. The Hall–Kier alpha value is -1.68. The van der Waals surface area contributed by atoms with Gasteiger partial charge < -0.3 is 5.32 Å². The zero-order chi connectivity index (χ0) is 15.4. The summed E-state index contributed by atoms with van der Waals surface area (Å²) in [5.41, 5.74) is 2.64. The highest BCUT2D eigenvalue weighted by atomic mass is 32.1. The Morgan fingerprint density at radius 1 is 1.36 bits per heavy atom. The summed E-state index contributed by atoms with van der Waals surface area (Å²) in [7, 11) is 0. The highest BCUT2D eigenvalue weighted by Crippen LogP contribution is 2.48. The first-order chi connectivity index (χ1) is 10.8. The fourth-order valence-electron chi connectivity index (χ4n) is 2.95. The van der Waals surface area contributed by atoms with Crippen LogP contribution in [0.4, 0.5) is 0 Å². The lowest BCUT2D eigenvalue weighted by Gasteiger charge is -2.06. The van der Waals surface area contributed by atoms with Gasteiger partial charge in [0, 0.05) is 24.0 Å². The van der Waals surface area contributed by atoms with Gasteiger partial charge in [0.05, 0.1) is 5.01 Å². The molecule has 0 radical (unpaired) electrons. The quantitative estimate of drug-likeness (QED) is 0.792. The number of nitrogens with one attached hydrogen (secondary N) is 1. The molecule has 1 saturated carbocycles. The maximum Gasteiger partial charge on any atom is 0.223 e. The second kappa shape index (κ2) is 7.05. The molecule has 0 spiro atoms. The number of aromatic nitrogens is 1. The van der Waals surface area contributed by atoms with Crippen LogP contribution < -0.4 is 5.32 Å². The third-order valence-electron chi connectivity index (χ3n) is 4.32. The second-order valence-corrected chi connectivity index (χ2v) is 6.96. The molecule has 1 aliphatic carbocycles. The molecule has 116 valence electrons. The molecule has 0 unspecified atom stereocenters. The number of aryl methyl sites for hydroxylation is 2. The van der Waals surface area contributed by atoms with E-state index in [0.29, 0.717) is 5.92 Å². The van der Waals surface area contributed by atoms with Crippen LogP contribution in [-0.2, 0) is 11.2 Å². The van der Waals surface area contributed by atoms with E-state index in [1.165, 1.54) is 16.1 Å². The number of hydrogen-bond donors (Lipinski definition) is 1. The Balaban J connectivity index is 1.36. The van der Waals surface area contributed by atoms with Crippen LogP contribution in [0.25, 0.3) is 0 Å². The maximum atomic E-state index is 12.2. The molecular formula is C18H22N2OS. The van der Waals surface area contributed by atoms with Gasteiger partial charge in [-0.3, -0.25) is 4.79 Å². The van der Waals surface area contributed by atoms with Crippen LogP contribution in [0, 0.1) is 12.8 Å². The van der Waals surface area contributed by atoms with E-state index in [1.54, 1.807) is 11.3 Å². The zero-order valence-electron chi connectivity index (χ0n) is 12.9. The molecule has 3 rings (SSSR count). The smallest absolute Gasteiger partial charge is 0.223 e. The molecule has 1 aromatic heterocycles. The van der Waals surface area contributed by atoms with E-state index in [-0.39, 0.29) is 11.8 Å². The number of hydrogen-bond acceptors (Lipinski definition) is 3. The number of unbranched alkanes of at least 4 members (excludes halogenated alkanes) is 1. The van der Waals surface area contributed by atoms with Crippen molar-refractivity contribution in [1.29, 1.82) is 0 Å². The fourth-order valence-corrected chi connectivity index (χ4v) is 3.61. The highest BCUT2D eigenvalue weighted by molar-refractivity contribution is 7.09.